The quantitative estimate of drug-likeness (QED) is 0.265. The number of alkyl halides is 1. The second-order valence-corrected chi connectivity index (χ2v) is 5.43. The number of aliphatic hydroxyl groups is 3. The van der Waals surface area contributed by atoms with Crippen molar-refractivity contribution in [3.05, 3.63) is 12.7 Å². The van der Waals surface area contributed by atoms with E-state index in [0.717, 1.165) is 12.8 Å². The molecule has 0 fully saturated rings. The molecule has 0 aliphatic carbocycles. The molecule has 4 atom stereocenters. The van der Waals surface area contributed by atoms with E-state index >= 15 is 0 Å². The lowest BCUT2D eigenvalue weighted by molar-refractivity contribution is 0.0497. The Morgan fingerprint density at radius 1 is 1.05 bits per heavy atom. The van der Waals surface area contributed by atoms with Crippen LogP contribution in [0.1, 0.15) is 45.4 Å². The average Bonchev–Trinajstić information content (AvgIpc) is 2.49. The largest absolute Gasteiger partial charge is 0.388 e. The number of hydrogen-bond donors (Lipinski definition) is 3. The van der Waals surface area contributed by atoms with Crippen molar-refractivity contribution in [3.8, 4) is 23.7 Å². The van der Waals surface area contributed by atoms with Crippen LogP contribution in [-0.2, 0) is 0 Å². The van der Waals surface area contributed by atoms with Crippen molar-refractivity contribution < 1.29 is 15.3 Å². The minimum absolute atomic E-state index is 0.525. The third-order valence-electron chi connectivity index (χ3n) is 3.00. The molecule has 21 heavy (non-hydrogen) atoms. The Hall–Kier alpha value is -0.970. The Kier molecular flexibility index (Phi) is 12.2. The van der Waals surface area contributed by atoms with Gasteiger partial charge in [-0.15, -0.1) is 11.6 Å². The summed E-state index contributed by atoms with van der Waals surface area (Å²) in [5, 5.41) is 28.1. The van der Waals surface area contributed by atoms with E-state index in [4.69, 9.17) is 16.7 Å². The fourth-order valence-electron chi connectivity index (χ4n) is 1.68. The van der Waals surface area contributed by atoms with Crippen LogP contribution >= 0.6 is 11.6 Å². The van der Waals surface area contributed by atoms with Gasteiger partial charge in [0.1, 0.15) is 18.3 Å². The van der Waals surface area contributed by atoms with Crippen molar-refractivity contribution in [2.75, 3.05) is 0 Å². The van der Waals surface area contributed by atoms with Crippen LogP contribution in [0.25, 0.3) is 0 Å². The number of unbranched alkanes of at least 4 members (excludes halogenated alkanes) is 4. The fourth-order valence-corrected chi connectivity index (χ4v) is 1.97. The maximum Gasteiger partial charge on any atom is 0.142 e. The molecule has 0 aromatic heterocycles. The topological polar surface area (TPSA) is 60.7 Å². The van der Waals surface area contributed by atoms with Crippen LogP contribution in [0.15, 0.2) is 12.7 Å². The molecule has 3 N–H and O–H groups in total. The summed E-state index contributed by atoms with van der Waals surface area (Å²) in [5.74, 6) is 9.57. The molecule has 0 saturated heterocycles. The van der Waals surface area contributed by atoms with Gasteiger partial charge in [-0.1, -0.05) is 63.5 Å². The third-order valence-corrected chi connectivity index (χ3v) is 3.48. The summed E-state index contributed by atoms with van der Waals surface area (Å²) >= 11 is 6.06. The molecular weight excluding hydrogens is 288 g/mol. The van der Waals surface area contributed by atoms with Crippen molar-refractivity contribution >= 4 is 11.6 Å². The van der Waals surface area contributed by atoms with E-state index in [1.165, 1.54) is 25.3 Å². The summed E-state index contributed by atoms with van der Waals surface area (Å²) in [4.78, 5) is 0. The lowest BCUT2D eigenvalue weighted by Gasteiger charge is -2.18. The van der Waals surface area contributed by atoms with Crippen LogP contribution in [0, 0.1) is 23.7 Å². The van der Waals surface area contributed by atoms with E-state index in [1.54, 1.807) is 0 Å². The van der Waals surface area contributed by atoms with Crippen LogP contribution in [0.2, 0.25) is 0 Å². The predicted octanol–water partition coefficient (Wildman–Crippen LogP) is 2.23. The highest BCUT2D eigenvalue weighted by atomic mass is 35.5. The summed E-state index contributed by atoms with van der Waals surface area (Å²) in [7, 11) is 0. The molecule has 118 valence electrons. The van der Waals surface area contributed by atoms with Gasteiger partial charge >= 0.3 is 0 Å². The second-order valence-electron chi connectivity index (χ2n) is 4.87. The molecule has 0 heterocycles. The van der Waals surface area contributed by atoms with Crippen LogP contribution in [0.3, 0.4) is 0 Å². The van der Waals surface area contributed by atoms with E-state index in [-0.39, 0.29) is 0 Å². The van der Waals surface area contributed by atoms with E-state index < -0.39 is 23.7 Å². The Bertz CT molecular complexity index is 400. The van der Waals surface area contributed by atoms with Gasteiger partial charge in [-0.05, 0) is 18.3 Å². The minimum atomic E-state index is -1.24. The molecule has 4 heteroatoms. The third kappa shape index (κ3) is 10.4. The van der Waals surface area contributed by atoms with Crippen LogP contribution < -0.4 is 0 Å². The lowest BCUT2D eigenvalue weighted by Crippen LogP contribution is -2.33. The highest BCUT2D eigenvalue weighted by molar-refractivity contribution is 6.21. The molecule has 0 aliphatic rings. The summed E-state index contributed by atoms with van der Waals surface area (Å²) in [6.45, 7) is 5.52. The molecule has 0 amide bonds. The van der Waals surface area contributed by atoms with Crippen LogP contribution in [0.4, 0.5) is 0 Å². The predicted molar refractivity (Wildman–Crippen MR) is 86.8 cm³/mol. The van der Waals surface area contributed by atoms with Crippen LogP contribution in [0.5, 0.6) is 0 Å². The second kappa shape index (κ2) is 12.7. The summed E-state index contributed by atoms with van der Waals surface area (Å²) in [5.41, 5.74) is 0. The summed E-state index contributed by atoms with van der Waals surface area (Å²) < 4.78 is 0. The first-order chi connectivity index (χ1) is 10.0. The van der Waals surface area contributed by atoms with Gasteiger partial charge in [0.05, 0.1) is 5.38 Å². The number of halogens is 1. The van der Waals surface area contributed by atoms with Gasteiger partial charge in [0.25, 0.3) is 0 Å². The highest BCUT2D eigenvalue weighted by Gasteiger charge is 2.22. The van der Waals surface area contributed by atoms with Crippen LogP contribution in [-0.4, -0.2) is 39.0 Å². The number of rotatable bonds is 9. The van der Waals surface area contributed by atoms with Crippen molar-refractivity contribution in [1.82, 2.24) is 0 Å². The molecule has 0 aliphatic heterocycles. The van der Waals surface area contributed by atoms with Gasteiger partial charge in [-0.3, -0.25) is 0 Å². The molecule has 0 saturated carbocycles. The smallest absolute Gasteiger partial charge is 0.142 e. The molecule has 4 unspecified atom stereocenters. The summed E-state index contributed by atoms with van der Waals surface area (Å²) in [6, 6.07) is 0. The zero-order chi connectivity index (χ0) is 16.1. The standard InChI is InChI=1S/C17H25ClO3/c1-3-5-6-7-8-12-15(18)17(21)16(20)13-10-9-11-14(19)4-2/h4,14-17,19-21H,2-3,5-8,12H2,1H3. The molecule has 0 bridgehead atoms. The Labute approximate surface area is 133 Å². The molecule has 0 radical (unpaired) electrons. The Morgan fingerprint density at radius 2 is 1.67 bits per heavy atom. The van der Waals surface area contributed by atoms with E-state index in [0.29, 0.717) is 6.42 Å². The molecular formula is C17H25ClO3. The first kappa shape index (κ1) is 20.0. The van der Waals surface area contributed by atoms with Crippen molar-refractivity contribution in [2.45, 2.75) is 69.1 Å². The maximum absolute atomic E-state index is 9.85. The average molecular weight is 313 g/mol. The van der Waals surface area contributed by atoms with Gasteiger partial charge < -0.3 is 15.3 Å². The monoisotopic (exact) mass is 312 g/mol. The van der Waals surface area contributed by atoms with Gasteiger partial charge in [-0.25, -0.2) is 0 Å². The Balaban J connectivity index is 4.11. The van der Waals surface area contributed by atoms with Crippen molar-refractivity contribution in [2.24, 2.45) is 0 Å². The first-order valence-electron chi connectivity index (χ1n) is 7.34. The SMILES string of the molecule is C=CC(O)C#CC#CC(O)C(O)C(Cl)CCCCCCC. The normalized spacial score (nSPS) is 15.7. The molecule has 3 nitrogen and oxygen atoms in total. The minimum Gasteiger partial charge on any atom is -0.388 e. The van der Waals surface area contributed by atoms with E-state index in [2.05, 4.69) is 37.2 Å². The number of aliphatic hydroxyl groups excluding tert-OH is 3. The molecule has 0 rings (SSSR count). The van der Waals surface area contributed by atoms with Crippen molar-refractivity contribution in [1.29, 1.82) is 0 Å². The maximum atomic E-state index is 9.85. The zero-order valence-electron chi connectivity index (χ0n) is 12.6. The number of hydrogen-bond acceptors (Lipinski definition) is 3. The van der Waals surface area contributed by atoms with Gasteiger partial charge in [0.15, 0.2) is 0 Å². The molecule has 0 spiro atoms. The Morgan fingerprint density at radius 3 is 2.29 bits per heavy atom. The van der Waals surface area contributed by atoms with E-state index in [9.17, 15) is 10.2 Å². The fraction of sp³-hybridized carbons (Fsp3) is 0.647. The first-order valence-corrected chi connectivity index (χ1v) is 7.78. The van der Waals surface area contributed by atoms with E-state index in [1.807, 2.05) is 0 Å². The van der Waals surface area contributed by atoms with Gasteiger partial charge in [0, 0.05) is 0 Å². The molecule has 0 aromatic carbocycles. The lowest BCUT2D eigenvalue weighted by atomic mass is 10.0. The van der Waals surface area contributed by atoms with Gasteiger partial charge in [-0.2, -0.15) is 0 Å². The van der Waals surface area contributed by atoms with Crippen molar-refractivity contribution in [3.63, 3.8) is 0 Å². The van der Waals surface area contributed by atoms with Gasteiger partial charge in [0.2, 0.25) is 0 Å². The summed E-state index contributed by atoms with van der Waals surface area (Å²) in [6.07, 6.45) is 4.20. The highest BCUT2D eigenvalue weighted by Crippen LogP contribution is 2.16. The zero-order valence-corrected chi connectivity index (χ0v) is 13.3. The molecule has 0 aromatic rings.